The maximum Gasteiger partial charge on any atom is 0.269 e. The fourth-order valence-electron chi connectivity index (χ4n) is 1.32. The summed E-state index contributed by atoms with van der Waals surface area (Å²) in [6, 6.07) is 9.01. The third-order valence-electron chi connectivity index (χ3n) is 2.17. The molecule has 0 unspecified atom stereocenters. The lowest BCUT2D eigenvalue weighted by molar-refractivity contribution is -0.384. The number of non-ortho nitro benzene ring substituents is 1. The van der Waals surface area contributed by atoms with E-state index in [2.05, 4.69) is 0 Å². The Morgan fingerprint density at radius 2 is 1.72 bits per heavy atom. The Morgan fingerprint density at radius 3 is 2.28 bits per heavy atom. The molecule has 0 amide bonds. The van der Waals surface area contributed by atoms with Gasteiger partial charge in [0.25, 0.3) is 5.69 Å². The molecular weight excluding hydrogens is 260 g/mol. The van der Waals surface area contributed by atoms with Crippen molar-refractivity contribution in [2.24, 2.45) is 0 Å². The molecular formula is C12H7F2NO2S. The highest BCUT2D eigenvalue weighted by Gasteiger charge is 2.08. The fraction of sp³-hybridized carbons (Fsp3) is 0. The van der Waals surface area contributed by atoms with E-state index in [4.69, 9.17) is 0 Å². The molecule has 2 rings (SSSR count). The van der Waals surface area contributed by atoms with Crippen molar-refractivity contribution in [1.82, 2.24) is 0 Å². The molecule has 0 bridgehead atoms. The van der Waals surface area contributed by atoms with E-state index in [-0.39, 0.29) is 10.6 Å². The van der Waals surface area contributed by atoms with Gasteiger partial charge in [0, 0.05) is 28.0 Å². The number of nitro groups is 1. The molecule has 0 N–H and O–H groups in total. The number of hydrogen-bond donors (Lipinski definition) is 0. The van der Waals surface area contributed by atoms with Crippen LogP contribution < -0.4 is 0 Å². The molecule has 2 aromatic carbocycles. The van der Waals surface area contributed by atoms with Gasteiger partial charge in [-0.2, -0.15) is 0 Å². The van der Waals surface area contributed by atoms with Gasteiger partial charge in [0.2, 0.25) is 0 Å². The normalized spacial score (nSPS) is 10.3. The topological polar surface area (TPSA) is 43.1 Å². The van der Waals surface area contributed by atoms with Crippen molar-refractivity contribution in [3.8, 4) is 0 Å². The van der Waals surface area contributed by atoms with Crippen LogP contribution in [0.5, 0.6) is 0 Å². The van der Waals surface area contributed by atoms with Crippen molar-refractivity contribution in [2.45, 2.75) is 9.79 Å². The molecule has 0 aliphatic carbocycles. The maximum absolute atomic E-state index is 13.4. The quantitative estimate of drug-likeness (QED) is 0.623. The highest BCUT2D eigenvalue weighted by Crippen LogP contribution is 2.31. The van der Waals surface area contributed by atoms with E-state index < -0.39 is 16.6 Å². The zero-order chi connectivity index (χ0) is 13.1. The molecule has 3 nitrogen and oxygen atoms in total. The summed E-state index contributed by atoms with van der Waals surface area (Å²) in [4.78, 5) is 10.9. The number of hydrogen-bond acceptors (Lipinski definition) is 3. The predicted molar refractivity (Wildman–Crippen MR) is 63.6 cm³/mol. The lowest BCUT2D eigenvalue weighted by Crippen LogP contribution is -1.87. The summed E-state index contributed by atoms with van der Waals surface area (Å²) in [6.45, 7) is 0. The number of rotatable bonds is 3. The van der Waals surface area contributed by atoms with E-state index in [0.29, 0.717) is 4.90 Å². The molecule has 6 heteroatoms. The zero-order valence-corrected chi connectivity index (χ0v) is 9.79. The molecule has 18 heavy (non-hydrogen) atoms. The number of nitrogens with zero attached hydrogens (tertiary/aromatic N) is 1. The highest BCUT2D eigenvalue weighted by atomic mass is 32.2. The minimum absolute atomic E-state index is 0.0288. The molecule has 0 aliphatic heterocycles. The van der Waals surface area contributed by atoms with Crippen LogP contribution in [0.2, 0.25) is 0 Å². The minimum atomic E-state index is -0.654. The van der Waals surface area contributed by atoms with Gasteiger partial charge >= 0.3 is 0 Å². The first-order chi connectivity index (χ1) is 8.56. The lowest BCUT2D eigenvalue weighted by atomic mass is 10.3. The van der Waals surface area contributed by atoms with E-state index in [1.54, 1.807) is 0 Å². The Hall–Kier alpha value is -1.95. The summed E-state index contributed by atoms with van der Waals surface area (Å²) in [6.07, 6.45) is 0. The van der Waals surface area contributed by atoms with Crippen molar-refractivity contribution in [3.05, 3.63) is 64.2 Å². The van der Waals surface area contributed by atoms with Gasteiger partial charge in [0.05, 0.1) is 4.92 Å². The first-order valence-electron chi connectivity index (χ1n) is 4.93. The standard InChI is InChI=1S/C12H7F2NO2S/c13-8-1-6-12(11(14)7-8)18-10-4-2-9(3-5-10)15(16)17/h1-7H. The molecule has 0 fully saturated rings. The van der Waals surface area contributed by atoms with E-state index in [9.17, 15) is 18.9 Å². The summed E-state index contributed by atoms with van der Waals surface area (Å²) in [5.74, 6) is -1.29. The van der Waals surface area contributed by atoms with Gasteiger partial charge in [0.1, 0.15) is 11.6 Å². The molecule has 0 saturated heterocycles. The zero-order valence-electron chi connectivity index (χ0n) is 8.97. The van der Waals surface area contributed by atoms with E-state index in [0.717, 1.165) is 23.9 Å². The average molecular weight is 267 g/mol. The van der Waals surface area contributed by atoms with Crippen molar-refractivity contribution >= 4 is 17.4 Å². The van der Waals surface area contributed by atoms with Gasteiger partial charge in [-0.25, -0.2) is 8.78 Å². The summed E-state index contributed by atoms with van der Waals surface area (Å²) in [7, 11) is 0. The fourth-order valence-corrected chi connectivity index (χ4v) is 2.14. The molecule has 2 aromatic rings. The Balaban J connectivity index is 2.21. The van der Waals surface area contributed by atoms with Crippen LogP contribution in [-0.4, -0.2) is 4.92 Å². The van der Waals surface area contributed by atoms with Crippen LogP contribution in [0.3, 0.4) is 0 Å². The van der Waals surface area contributed by atoms with Crippen LogP contribution in [0.1, 0.15) is 0 Å². The molecule has 0 aromatic heterocycles. The van der Waals surface area contributed by atoms with Crippen molar-refractivity contribution in [1.29, 1.82) is 0 Å². The summed E-state index contributed by atoms with van der Waals surface area (Å²) < 4.78 is 26.1. The second-order valence-electron chi connectivity index (χ2n) is 3.43. The van der Waals surface area contributed by atoms with Crippen molar-refractivity contribution in [2.75, 3.05) is 0 Å². The highest BCUT2D eigenvalue weighted by molar-refractivity contribution is 7.99. The summed E-state index contributed by atoms with van der Waals surface area (Å²) in [5.41, 5.74) is -0.0288. The third kappa shape index (κ3) is 2.84. The maximum atomic E-state index is 13.4. The van der Waals surface area contributed by atoms with Crippen LogP contribution in [0.15, 0.2) is 52.3 Å². The molecule has 0 aliphatic rings. The second kappa shape index (κ2) is 5.14. The van der Waals surface area contributed by atoms with E-state index in [1.807, 2.05) is 0 Å². The number of benzene rings is 2. The Bertz CT molecular complexity index is 587. The van der Waals surface area contributed by atoms with Gasteiger partial charge in [-0.05, 0) is 24.3 Å². The molecule has 0 radical (unpaired) electrons. The van der Waals surface area contributed by atoms with Crippen LogP contribution in [0.4, 0.5) is 14.5 Å². The van der Waals surface area contributed by atoms with Crippen LogP contribution in [0, 0.1) is 21.7 Å². The minimum Gasteiger partial charge on any atom is -0.258 e. The molecule has 0 spiro atoms. The van der Waals surface area contributed by atoms with Crippen LogP contribution >= 0.6 is 11.8 Å². The Morgan fingerprint density at radius 1 is 1.06 bits per heavy atom. The predicted octanol–water partition coefficient (Wildman–Crippen LogP) is 4.02. The van der Waals surface area contributed by atoms with Crippen LogP contribution in [-0.2, 0) is 0 Å². The molecule has 0 atom stereocenters. The summed E-state index contributed by atoms with van der Waals surface area (Å²) in [5, 5.41) is 10.5. The molecule has 0 heterocycles. The average Bonchev–Trinajstić information content (AvgIpc) is 2.33. The first-order valence-corrected chi connectivity index (χ1v) is 5.75. The van der Waals surface area contributed by atoms with E-state index >= 15 is 0 Å². The van der Waals surface area contributed by atoms with Gasteiger partial charge in [-0.15, -0.1) is 0 Å². The van der Waals surface area contributed by atoms with E-state index in [1.165, 1.54) is 30.3 Å². The smallest absolute Gasteiger partial charge is 0.258 e. The SMILES string of the molecule is O=[N+]([O-])c1ccc(Sc2ccc(F)cc2F)cc1. The van der Waals surface area contributed by atoms with Gasteiger partial charge in [-0.1, -0.05) is 11.8 Å². The first kappa shape index (κ1) is 12.5. The number of nitro benzene ring substituents is 1. The monoisotopic (exact) mass is 267 g/mol. The lowest BCUT2D eigenvalue weighted by Gasteiger charge is -2.03. The number of halogens is 2. The largest absolute Gasteiger partial charge is 0.269 e. The Kier molecular flexibility index (Phi) is 3.57. The van der Waals surface area contributed by atoms with Gasteiger partial charge in [-0.3, -0.25) is 10.1 Å². The molecule has 92 valence electrons. The Labute approximate surface area is 106 Å². The third-order valence-corrected chi connectivity index (χ3v) is 3.23. The molecule has 0 saturated carbocycles. The van der Waals surface area contributed by atoms with Crippen molar-refractivity contribution in [3.63, 3.8) is 0 Å². The summed E-state index contributed by atoms with van der Waals surface area (Å²) >= 11 is 1.08. The van der Waals surface area contributed by atoms with Crippen molar-refractivity contribution < 1.29 is 13.7 Å². The van der Waals surface area contributed by atoms with Gasteiger partial charge in [0.15, 0.2) is 0 Å². The second-order valence-corrected chi connectivity index (χ2v) is 4.54. The van der Waals surface area contributed by atoms with Gasteiger partial charge < -0.3 is 0 Å². The van der Waals surface area contributed by atoms with Crippen LogP contribution in [0.25, 0.3) is 0 Å².